The zero-order valence-corrected chi connectivity index (χ0v) is 17.8. The second-order valence-corrected chi connectivity index (χ2v) is 9.51. The number of ether oxygens (including phenoxy) is 1. The average Bonchev–Trinajstić information content (AvgIpc) is 2.92. The first-order valence-corrected chi connectivity index (χ1v) is 9.51. The number of nitrogens with one attached hydrogen (secondary N) is 1. The number of carbonyl (C=O) groups is 1. The maximum atomic E-state index is 10.8. The number of nitrogens with zero attached hydrogens (tertiary/aromatic N) is 2. The van der Waals surface area contributed by atoms with E-state index in [4.69, 9.17) is 18.0 Å². The molecule has 1 heterocycles. The van der Waals surface area contributed by atoms with Crippen molar-refractivity contribution in [1.29, 1.82) is 0 Å². The van der Waals surface area contributed by atoms with Gasteiger partial charge in [0.05, 0.1) is 0 Å². The van der Waals surface area contributed by atoms with Crippen molar-refractivity contribution in [3.05, 3.63) is 23.3 Å². The second kappa shape index (κ2) is 7.40. The molecule has 0 unspecified atom stereocenters. The Morgan fingerprint density at radius 2 is 1.67 bits per heavy atom. The van der Waals surface area contributed by atoms with Gasteiger partial charge in [-0.25, -0.2) is 4.79 Å². The molecular formula is C18H24N4O3S2. The van der Waals surface area contributed by atoms with E-state index in [0.29, 0.717) is 15.9 Å². The summed E-state index contributed by atoms with van der Waals surface area (Å²) < 4.78 is 4.58. The highest BCUT2D eigenvalue weighted by Crippen LogP contribution is 2.42. The van der Waals surface area contributed by atoms with Gasteiger partial charge in [0.15, 0.2) is 0 Å². The number of hydrogen-bond acceptors (Lipinski definition) is 7. The highest BCUT2D eigenvalue weighted by molar-refractivity contribution is 7.80. The van der Waals surface area contributed by atoms with E-state index in [9.17, 15) is 9.90 Å². The first kappa shape index (κ1) is 21.0. The summed E-state index contributed by atoms with van der Waals surface area (Å²) in [6, 6.07) is 3.85. The predicted molar refractivity (Wildman–Crippen MR) is 111 cm³/mol. The molecule has 146 valence electrons. The summed E-state index contributed by atoms with van der Waals surface area (Å²) in [5, 5.41) is 22.5. The molecule has 27 heavy (non-hydrogen) atoms. The minimum absolute atomic E-state index is 0.193. The van der Waals surface area contributed by atoms with Gasteiger partial charge in [-0.1, -0.05) is 52.9 Å². The Hall–Kier alpha value is -2.26. The minimum atomic E-state index is -1.000. The number of nitrogens with two attached hydrogens (primary N) is 1. The number of phenolic OH excluding ortho intramolecular Hbond substituents is 1. The summed E-state index contributed by atoms with van der Waals surface area (Å²) >= 11 is 6.12. The second-order valence-electron chi connectivity index (χ2n) is 8.17. The Labute approximate surface area is 168 Å². The van der Waals surface area contributed by atoms with Crippen molar-refractivity contribution in [2.75, 3.05) is 5.32 Å². The molecule has 1 aromatic carbocycles. The first-order chi connectivity index (χ1) is 12.3. The van der Waals surface area contributed by atoms with Gasteiger partial charge in [0.2, 0.25) is 5.13 Å². The van der Waals surface area contributed by atoms with Crippen LogP contribution in [0.15, 0.2) is 12.1 Å². The lowest BCUT2D eigenvalue weighted by Gasteiger charge is -2.27. The molecule has 0 saturated carbocycles. The van der Waals surface area contributed by atoms with Crippen LogP contribution in [0.2, 0.25) is 0 Å². The van der Waals surface area contributed by atoms with Crippen LogP contribution in [-0.2, 0) is 15.6 Å². The van der Waals surface area contributed by atoms with E-state index in [1.165, 1.54) is 11.3 Å². The molecule has 4 N–H and O–H groups in total. The van der Waals surface area contributed by atoms with Gasteiger partial charge in [-0.3, -0.25) is 5.32 Å². The van der Waals surface area contributed by atoms with Crippen LogP contribution in [0.4, 0.5) is 9.93 Å². The van der Waals surface area contributed by atoms with Crippen molar-refractivity contribution in [3.8, 4) is 16.3 Å². The normalized spacial score (nSPS) is 11.9. The first-order valence-electron chi connectivity index (χ1n) is 8.29. The molecule has 7 nitrogen and oxygen atoms in total. The number of anilines is 1. The molecule has 0 aliphatic rings. The Bertz CT molecular complexity index is 844. The van der Waals surface area contributed by atoms with E-state index in [1.807, 2.05) is 53.7 Å². The minimum Gasteiger partial charge on any atom is -0.507 e. The molecule has 1 amide bonds. The molecule has 0 radical (unpaired) electrons. The smallest absolute Gasteiger partial charge is 0.411 e. The zero-order valence-electron chi connectivity index (χ0n) is 16.2. The monoisotopic (exact) mass is 408 g/mol. The van der Waals surface area contributed by atoms with Crippen molar-refractivity contribution < 1.29 is 14.6 Å². The summed E-state index contributed by atoms with van der Waals surface area (Å²) in [4.78, 5) is 10.7. The number of primary amides is 1. The molecular weight excluding hydrogens is 384 g/mol. The van der Waals surface area contributed by atoms with Crippen LogP contribution in [0.3, 0.4) is 0 Å². The number of rotatable bonds is 2. The van der Waals surface area contributed by atoms with Crippen molar-refractivity contribution in [2.45, 2.75) is 52.4 Å². The van der Waals surface area contributed by atoms with Crippen molar-refractivity contribution in [2.24, 2.45) is 5.73 Å². The standard InChI is InChI=1S/C18H24N4O3S2/c1-17(2,3)10-7-9(8-11(12(10)23)18(4,5)6)13-21-22-15(27-13)20-16(26)25-14(19)24/h7-8,23H,1-6H3,(H2,19,24)(H,20,22,26). The number of phenols is 1. The maximum Gasteiger partial charge on any atom is 0.411 e. The maximum absolute atomic E-state index is 10.8. The molecule has 0 aliphatic heterocycles. The average molecular weight is 409 g/mol. The fourth-order valence-corrected chi connectivity index (χ4v) is 3.47. The third kappa shape index (κ3) is 5.14. The molecule has 1 aromatic heterocycles. The predicted octanol–water partition coefficient (Wildman–Crippen LogP) is 4.30. The lowest BCUT2D eigenvalue weighted by Crippen LogP contribution is -2.22. The Balaban J connectivity index is 2.47. The lowest BCUT2D eigenvalue weighted by molar-refractivity contribution is 0.209. The van der Waals surface area contributed by atoms with Crippen LogP contribution in [0.1, 0.15) is 52.7 Å². The van der Waals surface area contributed by atoms with Crippen LogP contribution in [0, 0.1) is 0 Å². The highest BCUT2D eigenvalue weighted by atomic mass is 32.1. The van der Waals surface area contributed by atoms with Crippen LogP contribution in [0.5, 0.6) is 5.75 Å². The molecule has 0 aliphatic carbocycles. The zero-order chi connectivity index (χ0) is 20.6. The van der Waals surface area contributed by atoms with Gasteiger partial charge in [0, 0.05) is 16.7 Å². The number of carbonyl (C=O) groups excluding carboxylic acids is 1. The summed E-state index contributed by atoms with van der Waals surface area (Å²) in [6.07, 6.45) is -1.000. The molecule has 0 saturated heterocycles. The third-order valence-corrected chi connectivity index (χ3v) is 4.87. The van der Waals surface area contributed by atoms with Crippen LogP contribution in [0.25, 0.3) is 10.6 Å². The fraction of sp³-hybridized carbons (Fsp3) is 0.444. The molecule has 0 atom stereocenters. The number of aromatic hydroxyl groups is 1. The topological polar surface area (TPSA) is 110 Å². The summed E-state index contributed by atoms with van der Waals surface area (Å²) in [7, 11) is 0. The summed E-state index contributed by atoms with van der Waals surface area (Å²) in [5.74, 6) is 0.303. The number of benzene rings is 1. The SMILES string of the molecule is CC(C)(C)c1cc(-c2nnc(NC(=S)OC(N)=O)s2)cc(C(C)(C)C)c1O. The molecule has 0 fully saturated rings. The molecule has 9 heteroatoms. The van der Waals surface area contributed by atoms with Crippen molar-refractivity contribution >= 4 is 40.0 Å². The fourth-order valence-electron chi connectivity index (χ4n) is 2.50. The van der Waals surface area contributed by atoms with Crippen LogP contribution >= 0.6 is 23.6 Å². The third-order valence-electron chi connectivity index (χ3n) is 3.80. The van der Waals surface area contributed by atoms with E-state index < -0.39 is 6.09 Å². The quantitative estimate of drug-likeness (QED) is 0.635. The lowest BCUT2D eigenvalue weighted by atomic mass is 9.78. The molecule has 2 aromatic rings. The Morgan fingerprint density at radius 3 is 2.11 bits per heavy atom. The molecule has 0 bridgehead atoms. The number of thiocarbonyl (C=S) groups is 1. The van der Waals surface area contributed by atoms with Crippen LogP contribution < -0.4 is 11.1 Å². The van der Waals surface area contributed by atoms with Gasteiger partial charge in [-0.05, 0) is 35.2 Å². The summed E-state index contributed by atoms with van der Waals surface area (Å²) in [6.45, 7) is 12.3. The van der Waals surface area contributed by atoms with Gasteiger partial charge in [0.1, 0.15) is 10.8 Å². The van der Waals surface area contributed by atoms with Gasteiger partial charge in [0.25, 0.3) is 5.17 Å². The Kier molecular flexibility index (Phi) is 5.77. The van der Waals surface area contributed by atoms with E-state index in [2.05, 4.69) is 20.3 Å². The Morgan fingerprint density at radius 1 is 1.15 bits per heavy atom. The van der Waals surface area contributed by atoms with Crippen LogP contribution in [-0.4, -0.2) is 26.6 Å². The van der Waals surface area contributed by atoms with Gasteiger partial charge in [-0.15, -0.1) is 10.2 Å². The van der Waals surface area contributed by atoms with E-state index in [1.54, 1.807) is 0 Å². The van der Waals surface area contributed by atoms with Crippen molar-refractivity contribution in [3.63, 3.8) is 0 Å². The number of aromatic nitrogens is 2. The molecule has 2 rings (SSSR count). The van der Waals surface area contributed by atoms with Gasteiger partial charge >= 0.3 is 6.09 Å². The largest absolute Gasteiger partial charge is 0.507 e. The number of hydrogen-bond donors (Lipinski definition) is 3. The van der Waals surface area contributed by atoms with Gasteiger partial charge in [-0.2, -0.15) is 0 Å². The molecule has 0 spiro atoms. The van der Waals surface area contributed by atoms with Crippen molar-refractivity contribution in [1.82, 2.24) is 10.2 Å². The highest BCUT2D eigenvalue weighted by Gasteiger charge is 2.27. The van der Waals surface area contributed by atoms with Gasteiger partial charge < -0.3 is 15.6 Å². The van der Waals surface area contributed by atoms with E-state index >= 15 is 0 Å². The number of amides is 1. The van der Waals surface area contributed by atoms with E-state index in [0.717, 1.165) is 16.7 Å². The van der Waals surface area contributed by atoms with E-state index in [-0.39, 0.29) is 16.0 Å². The summed E-state index contributed by atoms with van der Waals surface area (Å²) in [5.41, 5.74) is 6.95.